The fourth-order valence-electron chi connectivity index (χ4n) is 1.57. The Morgan fingerprint density at radius 1 is 1.47 bits per heavy atom. The third-order valence-corrected chi connectivity index (χ3v) is 3.47. The minimum absolute atomic E-state index is 0.371. The van der Waals surface area contributed by atoms with Gasteiger partial charge in [0.2, 0.25) is 5.95 Å². The lowest BCUT2D eigenvalue weighted by molar-refractivity contribution is 0.102. The summed E-state index contributed by atoms with van der Waals surface area (Å²) in [6, 6.07) is 1.12. The summed E-state index contributed by atoms with van der Waals surface area (Å²) in [6.07, 6.45) is 1.79. The Bertz CT molecular complexity index is 627. The van der Waals surface area contributed by atoms with Gasteiger partial charge in [-0.3, -0.25) is 10.1 Å². The van der Waals surface area contributed by atoms with E-state index in [1.165, 1.54) is 11.3 Å². The average Bonchev–Trinajstić information content (AvgIpc) is 2.72. The summed E-state index contributed by atoms with van der Waals surface area (Å²) in [6.45, 7) is 3.84. The lowest BCUT2D eigenvalue weighted by Gasteiger charge is -2.02. The number of rotatable bonds is 3. The summed E-state index contributed by atoms with van der Waals surface area (Å²) in [5.41, 5.74) is 0.486. The van der Waals surface area contributed by atoms with Crippen molar-refractivity contribution >= 4 is 22.4 Å². The topological polar surface area (TPSA) is 54.9 Å². The first kappa shape index (κ1) is 13.5. The molecule has 0 aliphatic heterocycles. The molecule has 1 N–H and O–H groups in total. The average molecular weight is 283 g/mol. The van der Waals surface area contributed by atoms with Gasteiger partial charge in [-0.05, 0) is 19.4 Å². The highest BCUT2D eigenvalue weighted by molar-refractivity contribution is 7.15. The first-order valence-electron chi connectivity index (χ1n) is 5.60. The van der Waals surface area contributed by atoms with E-state index in [2.05, 4.69) is 15.3 Å². The smallest absolute Gasteiger partial charge is 0.260 e. The van der Waals surface area contributed by atoms with Crippen LogP contribution in [-0.2, 0) is 6.42 Å². The fourth-order valence-corrected chi connectivity index (χ4v) is 2.46. The number of nitrogens with one attached hydrogen (secondary N) is 1. The van der Waals surface area contributed by atoms with Crippen LogP contribution >= 0.6 is 11.3 Å². The van der Waals surface area contributed by atoms with E-state index in [0.29, 0.717) is 5.13 Å². The van der Waals surface area contributed by atoms with Crippen molar-refractivity contribution in [3.8, 4) is 0 Å². The van der Waals surface area contributed by atoms with Crippen LogP contribution in [-0.4, -0.2) is 15.9 Å². The molecule has 7 heteroatoms. The van der Waals surface area contributed by atoms with Crippen LogP contribution in [0.4, 0.5) is 13.9 Å². The van der Waals surface area contributed by atoms with Crippen molar-refractivity contribution in [1.82, 2.24) is 9.97 Å². The number of pyridine rings is 1. The number of thiazole rings is 1. The first-order chi connectivity index (χ1) is 9.02. The second-order valence-electron chi connectivity index (χ2n) is 3.79. The van der Waals surface area contributed by atoms with Gasteiger partial charge in [-0.15, -0.1) is 11.3 Å². The zero-order valence-electron chi connectivity index (χ0n) is 10.3. The highest BCUT2D eigenvalue weighted by atomic mass is 32.1. The molecule has 2 heterocycles. The van der Waals surface area contributed by atoms with Gasteiger partial charge in [-0.25, -0.2) is 14.4 Å². The summed E-state index contributed by atoms with van der Waals surface area (Å²) in [5, 5.41) is 2.83. The Hall–Kier alpha value is -1.89. The number of halogens is 2. The molecule has 0 bridgehead atoms. The van der Waals surface area contributed by atoms with Crippen molar-refractivity contribution in [2.24, 2.45) is 0 Å². The monoisotopic (exact) mass is 283 g/mol. The quantitative estimate of drug-likeness (QED) is 0.881. The Morgan fingerprint density at radius 2 is 2.21 bits per heavy atom. The number of aromatic nitrogens is 2. The molecular formula is C12H11F2N3OS. The summed E-state index contributed by atoms with van der Waals surface area (Å²) < 4.78 is 26.3. The van der Waals surface area contributed by atoms with Crippen LogP contribution in [0.3, 0.4) is 0 Å². The van der Waals surface area contributed by atoms with E-state index in [1.54, 1.807) is 0 Å². The van der Waals surface area contributed by atoms with Gasteiger partial charge >= 0.3 is 0 Å². The molecule has 0 saturated carbocycles. The lowest BCUT2D eigenvalue weighted by atomic mass is 10.2. The maximum Gasteiger partial charge on any atom is 0.260 e. The Kier molecular flexibility index (Phi) is 3.84. The fraction of sp³-hybridized carbons (Fsp3) is 0.250. The number of aryl methyl sites for hydroxylation is 2. The molecule has 0 atom stereocenters. The van der Waals surface area contributed by atoms with E-state index in [-0.39, 0.29) is 0 Å². The molecule has 0 unspecified atom stereocenters. The molecule has 0 aromatic carbocycles. The van der Waals surface area contributed by atoms with Gasteiger partial charge in [0.25, 0.3) is 5.91 Å². The molecule has 0 saturated heterocycles. The lowest BCUT2D eigenvalue weighted by Crippen LogP contribution is -2.15. The molecule has 2 rings (SSSR count). The third kappa shape index (κ3) is 2.76. The van der Waals surface area contributed by atoms with Crippen molar-refractivity contribution in [2.75, 3.05) is 5.32 Å². The normalized spacial score (nSPS) is 10.5. The number of carbonyl (C=O) groups is 1. The van der Waals surface area contributed by atoms with Gasteiger partial charge in [-0.1, -0.05) is 6.92 Å². The van der Waals surface area contributed by atoms with Crippen molar-refractivity contribution in [3.63, 3.8) is 0 Å². The summed E-state index contributed by atoms with van der Waals surface area (Å²) in [5.74, 6) is -3.29. The minimum atomic E-state index is -1.29. The number of amides is 1. The largest absolute Gasteiger partial charge is 0.298 e. The Labute approximate surface area is 112 Å². The maximum absolute atomic E-state index is 13.4. The molecule has 4 nitrogen and oxygen atoms in total. The van der Waals surface area contributed by atoms with Crippen LogP contribution in [0.2, 0.25) is 0 Å². The molecule has 0 aliphatic rings. The molecule has 100 valence electrons. The van der Waals surface area contributed by atoms with Gasteiger partial charge in [0.1, 0.15) is 0 Å². The van der Waals surface area contributed by atoms with Crippen molar-refractivity contribution in [3.05, 3.63) is 40.2 Å². The molecule has 2 aromatic heterocycles. The molecule has 0 spiro atoms. The van der Waals surface area contributed by atoms with Crippen molar-refractivity contribution in [1.29, 1.82) is 0 Å². The molecule has 19 heavy (non-hydrogen) atoms. The molecule has 0 aliphatic carbocycles. The standard InChI is InChI=1S/C12H11F2N3OS/c1-3-8-6(2)19-12(16-8)17-11(18)7-4-5-15-10(14)9(7)13/h4-5H,3H2,1-2H3,(H,16,17,18). The zero-order chi connectivity index (χ0) is 14.0. The van der Waals surface area contributed by atoms with Crippen LogP contribution < -0.4 is 5.32 Å². The predicted molar refractivity (Wildman–Crippen MR) is 68.3 cm³/mol. The second kappa shape index (κ2) is 5.40. The molecule has 0 fully saturated rings. The number of hydrogen-bond acceptors (Lipinski definition) is 4. The zero-order valence-corrected chi connectivity index (χ0v) is 11.1. The molecule has 2 aromatic rings. The number of carbonyl (C=O) groups excluding carboxylic acids is 1. The summed E-state index contributed by atoms with van der Waals surface area (Å²) in [4.78, 5) is 20.1. The van der Waals surface area contributed by atoms with E-state index in [9.17, 15) is 13.6 Å². The second-order valence-corrected chi connectivity index (χ2v) is 5.00. The number of nitrogens with zero attached hydrogens (tertiary/aromatic N) is 2. The van der Waals surface area contributed by atoms with Gasteiger partial charge in [0, 0.05) is 11.1 Å². The van der Waals surface area contributed by atoms with Gasteiger partial charge in [-0.2, -0.15) is 4.39 Å². The van der Waals surface area contributed by atoms with E-state index >= 15 is 0 Å². The highest BCUT2D eigenvalue weighted by Gasteiger charge is 2.17. The summed E-state index contributed by atoms with van der Waals surface area (Å²) >= 11 is 1.30. The Morgan fingerprint density at radius 3 is 2.84 bits per heavy atom. The molecular weight excluding hydrogens is 272 g/mol. The summed E-state index contributed by atoms with van der Waals surface area (Å²) in [7, 11) is 0. The molecule has 1 amide bonds. The van der Waals surface area contributed by atoms with Gasteiger partial charge < -0.3 is 0 Å². The van der Waals surface area contributed by atoms with Crippen LogP contribution in [0.15, 0.2) is 12.3 Å². The van der Waals surface area contributed by atoms with Gasteiger partial charge in [0.05, 0.1) is 11.3 Å². The van der Waals surface area contributed by atoms with E-state index in [0.717, 1.165) is 29.3 Å². The maximum atomic E-state index is 13.4. The van der Waals surface area contributed by atoms with Crippen molar-refractivity contribution in [2.45, 2.75) is 20.3 Å². The highest BCUT2D eigenvalue weighted by Crippen LogP contribution is 2.23. The predicted octanol–water partition coefficient (Wildman–Crippen LogP) is 2.94. The first-order valence-corrected chi connectivity index (χ1v) is 6.42. The minimum Gasteiger partial charge on any atom is -0.298 e. The third-order valence-electron chi connectivity index (χ3n) is 2.54. The van der Waals surface area contributed by atoms with Crippen LogP contribution in [0.1, 0.15) is 27.9 Å². The SMILES string of the molecule is CCc1nc(NC(=O)c2ccnc(F)c2F)sc1C. The van der Waals surface area contributed by atoms with Gasteiger partial charge in [0.15, 0.2) is 10.9 Å². The number of hydrogen-bond donors (Lipinski definition) is 1. The van der Waals surface area contributed by atoms with E-state index in [4.69, 9.17) is 0 Å². The number of anilines is 1. The van der Waals surface area contributed by atoms with E-state index < -0.39 is 23.2 Å². The van der Waals surface area contributed by atoms with E-state index in [1.807, 2.05) is 13.8 Å². The van der Waals surface area contributed by atoms with Crippen molar-refractivity contribution < 1.29 is 13.6 Å². The van der Waals surface area contributed by atoms with Crippen LogP contribution in [0.25, 0.3) is 0 Å². The Balaban J connectivity index is 2.23. The van der Waals surface area contributed by atoms with Crippen LogP contribution in [0.5, 0.6) is 0 Å². The molecule has 0 radical (unpaired) electrons. The van der Waals surface area contributed by atoms with Crippen LogP contribution in [0, 0.1) is 18.7 Å².